The summed E-state index contributed by atoms with van der Waals surface area (Å²) in [6, 6.07) is 7.47. The highest BCUT2D eigenvalue weighted by atomic mass is 35.5. The SMILES string of the molecule is O=C(CCl)c1nc2ccccc2[nH]1. The second-order valence-corrected chi connectivity index (χ2v) is 2.93. The van der Waals surface area contributed by atoms with Crippen LogP contribution in [0.4, 0.5) is 0 Å². The zero-order valence-electron chi connectivity index (χ0n) is 6.75. The normalized spacial score (nSPS) is 10.5. The Morgan fingerprint density at radius 2 is 2.23 bits per heavy atom. The summed E-state index contributed by atoms with van der Waals surface area (Å²) < 4.78 is 0. The maximum atomic E-state index is 11.2. The van der Waals surface area contributed by atoms with Crippen LogP contribution in [0.15, 0.2) is 24.3 Å². The fraction of sp³-hybridized carbons (Fsp3) is 0.111. The number of ketones is 1. The third-order valence-electron chi connectivity index (χ3n) is 1.77. The van der Waals surface area contributed by atoms with Crippen LogP contribution in [-0.4, -0.2) is 21.6 Å². The van der Waals surface area contributed by atoms with Crippen LogP contribution < -0.4 is 0 Å². The Kier molecular flexibility index (Phi) is 2.02. The lowest BCUT2D eigenvalue weighted by atomic mass is 10.3. The van der Waals surface area contributed by atoms with Crippen molar-refractivity contribution in [1.82, 2.24) is 9.97 Å². The first-order chi connectivity index (χ1) is 6.31. The van der Waals surface area contributed by atoms with Gasteiger partial charge in [-0.15, -0.1) is 11.6 Å². The molecule has 1 heterocycles. The Bertz CT molecular complexity index is 417. The molecule has 2 rings (SSSR count). The number of aromatic nitrogens is 2. The molecular weight excluding hydrogens is 188 g/mol. The maximum absolute atomic E-state index is 11.2. The molecule has 3 nitrogen and oxygen atoms in total. The van der Waals surface area contributed by atoms with Gasteiger partial charge in [-0.3, -0.25) is 4.79 Å². The molecule has 0 saturated heterocycles. The number of alkyl halides is 1. The molecule has 0 bridgehead atoms. The third-order valence-corrected chi connectivity index (χ3v) is 2.02. The molecule has 0 aliphatic heterocycles. The van der Waals surface area contributed by atoms with Crippen molar-refractivity contribution in [3.63, 3.8) is 0 Å². The van der Waals surface area contributed by atoms with E-state index in [2.05, 4.69) is 9.97 Å². The van der Waals surface area contributed by atoms with E-state index in [0.717, 1.165) is 11.0 Å². The van der Waals surface area contributed by atoms with Crippen LogP contribution in [-0.2, 0) is 0 Å². The zero-order chi connectivity index (χ0) is 9.26. The topological polar surface area (TPSA) is 45.8 Å². The number of hydrogen-bond acceptors (Lipinski definition) is 2. The van der Waals surface area contributed by atoms with E-state index in [-0.39, 0.29) is 11.7 Å². The van der Waals surface area contributed by atoms with Gasteiger partial charge in [0.25, 0.3) is 0 Å². The van der Waals surface area contributed by atoms with Gasteiger partial charge in [-0.2, -0.15) is 0 Å². The van der Waals surface area contributed by atoms with Crippen molar-refractivity contribution in [2.45, 2.75) is 0 Å². The van der Waals surface area contributed by atoms with Crippen LogP contribution in [0.5, 0.6) is 0 Å². The lowest BCUT2D eigenvalue weighted by Gasteiger charge is -1.85. The summed E-state index contributed by atoms with van der Waals surface area (Å²) in [5.74, 6) is 0.105. The molecular formula is C9H7ClN2O. The van der Waals surface area contributed by atoms with Crippen molar-refractivity contribution in [2.75, 3.05) is 5.88 Å². The van der Waals surface area contributed by atoms with E-state index < -0.39 is 0 Å². The summed E-state index contributed by atoms with van der Waals surface area (Å²) in [7, 11) is 0. The number of fused-ring (bicyclic) bond motifs is 1. The van der Waals surface area contributed by atoms with Gasteiger partial charge in [0.05, 0.1) is 16.9 Å². The number of aromatic amines is 1. The van der Waals surface area contributed by atoms with E-state index in [1.165, 1.54) is 0 Å². The predicted octanol–water partition coefficient (Wildman–Crippen LogP) is 1.98. The lowest BCUT2D eigenvalue weighted by Crippen LogP contribution is -2.02. The van der Waals surface area contributed by atoms with Crippen LogP contribution in [0.3, 0.4) is 0 Å². The Morgan fingerprint density at radius 3 is 2.92 bits per heavy atom. The molecule has 66 valence electrons. The number of rotatable bonds is 2. The van der Waals surface area contributed by atoms with E-state index in [1.807, 2.05) is 24.3 Å². The number of hydrogen-bond donors (Lipinski definition) is 1. The minimum Gasteiger partial charge on any atom is -0.335 e. The summed E-state index contributed by atoms with van der Waals surface area (Å²) in [5.41, 5.74) is 1.65. The van der Waals surface area contributed by atoms with Gasteiger partial charge in [-0.25, -0.2) is 4.98 Å². The standard InChI is InChI=1S/C9H7ClN2O/c10-5-8(13)9-11-6-3-1-2-4-7(6)12-9/h1-4H,5H2,(H,11,12). The summed E-state index contributed by atoms with van der Waals surface area (Å²) >= 11 is 5.40. The van der Waals surface area contributed by atoms with Crippen molar-refractivity contribution in [2.24, 2.45) is 0 Å². The number of para-hydroxylation sites is 2. The van der Waals surface area contributed by atoms with Crippen molar-refractivity contribution in [3.8, 4) is 0 Å². The van der Waals surface area contributed by atoms with Gasteiger partial charge < -0.3 is 4.98 Å². The Hall–Kier alpha value is -1.35. The molecule has 0 unspecified atom stereocenters. The van der Waals surface area contributed by atoms with E-state index in [4.69, 9.17) is 11.6 Å². The number of carbonyl (C=O) groups is 1. The van der Waals surface area contributed by atoms with E-state index in [9.17, 15) is 4.79 Å². The highest BCUT2D eigenvalue weighted by Gasteiger charge is 2.08. The first-order valence-electron chi connectivity index (χ1n) is 3.85. The average Bonchev–Trinajstić information content (AvgIpc) is 2.59. The number of nitrogens with one attached hydrogen (secondary N) is 1. The molecule has 4 heteroatoms. The van der Waals surface area contributed by atoms with E-state index in [1.54, 1.807) is 0 Å². The number of H-pyrrole nitrogens is 1. The van der Waals surface area contributed by atoms with Crippen LogP contribution in [0.25, 0.3) is 11.0 Å². The van der Waals surface area contributed by atoms with Crippen molar-refractivity contribution < 1.29 is 4.79 Å². The van der Waals surface area contributed by atoms with Gasteiger partial charge in [0.2, 0.25) is 5.78 Å². The Balaban J connectivity index is 2.56. The smallest absolute Gasteiger partial charge is 0.212 e. The molecule has 0 atom stereocenters. The summed E-state index contributed by atoms with van der Waals surface area (Å²) in [6.45, 7) is 0. The molecule has 1 aromatic heterocycles. The largest absolute Gasteiger partial charge is 0.335 e. The molecule has 0 amide bonds. The molecule has 13 heavy (non-hydrogen) atoms. The van der Waals surface area contributed by atoms with E-state index >= 15 is 0 Å². The van der Waals surface area contributed by atoms with Crippen molar-refractivity contribution in [3.05, 3.63) is 30.1 Å². The first kappa shape index (κ1) is 8.26. The van der Waals surface area contributed by atoms with Gasteiger partial charge in [0.1, 0.15) is 0 Å². The summed E-state index contributed by atoms with van der Waals surface area (Å²) in [6.07, 6.45) is 0. The molecule has 0 radical (unpaired) electrons. The fourth-order valence-corrected chi connectivity index (χ4v) is 1.27. The Labute approximate surface area is 79.7 Å². The van der Waals surface area contributed by atoms with Crippen LogP contribution in [0.1, 0.15) is 10.6 Å². The number of Topliss-reactive ketones (excluding diaryl/α,β-unsaturated/α-hetero) is 1. The molecule has 1 aromatic carbocycles. The second-order valence-electron chi connectivity index (χ2n) is 2.66. The number of carbonyl (C=O) groups excluding carboxylic acids is 1. The molecule has 1 N–H and O–H groups in total. The predicted molar refractivity (Wildman–Crippen MR) is 51.1 cm³/mol. The Morgan fingerprint density at radius 1 is 1.46 bits per heavy atom. The van der Waals surface area contributed by atoms with Crippen LogP contribution in [0.2, 0.25) is 0 Å². The van der Waals surface area contributed by atoms with Crippen molar-refractivity contribution in [1.29, 1.82) is 0 Å². The molecule has 0 fully saturated rings. The molecule has 0 aliphatic rings. The van der Waals surface area contributed by atoms with Gasteiger partial charge in [0, 0.05) is 0 Å². The summed E-state index contributed by atoms with van der Waals surface area (Å²) in [4.78, 5) is 18.2. The molecule has 0 aliphatic carbocycles. The molecule has 0 spiro atoms. The van der Waals surface area contributed by atoms with Crippen LogP contribution >= 0.6 is 11.6 Å². The number of nitrogens with zero attached hydrogens (tertiary/aromatic N) is 1. The number of halogens is 1. The average molecular weight is 195 g/mol. The lowest BCUT2D eigenvalue weighted by molar-refractivity contribution is 0.101. The number of benzene rings is 1. The van der Waals surface area contributed by atoms with Crippen molar-refractivity contribution >= 4 is 28.4 Å². The maximum Gasteiger partial charge on any atom is 0.212 e. The van der Waals surface area contributed by atoms with E-state index in [0.29, 0.717) is 5.82 Å². The van der Waals surface area contributed by atoms with Gasteiger partial charge in [-0.1, -0.05) is 12.1 Å². The van der Waals surface area contributed by atoms with Crippen LogP contribution in [0, 0.1) is 0 Å². The third kappa shape index (κ3) is 1.42. The zero-order valence-corrected chi connectivity index (χ0v) is 7.51. The first-order valence-corrected chi connectivity index (χ1v) is 4.38. The minimum absolute atomic E-state index is 0.0418. The highest BCUT2D eigenvalue weighted by Crippen LogP contribution is 2.10. The molecule has 0 saturated carbocycles. The minimum atomic E-state index is -0.183. The summed E-state index contributed by atoms with van der Waals surface area (Å²) in [5, 5.41) is 0. The number of imidazole rings is 1. The van der Waals surface area contributed by atoms with Gasteiger partial charge in [0.15, 0.2) is 5.82 Å². The molecule has 2 aromatic rings. The highest BCUT2D eigenvalue weighted by molar-refractivity contribution is 6.30. The monoisotopic (exact) mass is 194 g/mol. The second kappa shape index (κ2) is 3.18. The van der Waals surface area contributed by atoms with Gasteiger partial charge >= 0.3 is 0 Å². The fourth-order valence-electron chi connectivity index (χ4n) is 1.15. The quantitative estimate of drug-likeness (QED) is 0.587. The van der Waals surface area contributed by atoms with Gasteiger partial charge in [-0.05, 0) is 12.1 Å².